The van der Waals surface area contributed by atoms with E-state index in [0.717, 1.165) is 23.2 Å². The third kappa shape index (κ3) is 4.18. The van der Waals surface area contributed by atoms with Crippen LogP contribution in [0, 0.1) is 6.92 Å². The number of nitrogens with zero attached hydrogens (tertiary/aromatic N) is 2. The lowest BCUT2D eigenvalue weighted by atomic mass is 10.2. The molecule has 1 aromatic carbocycles. The molecule has 2 atom stereocenters. The van der Waals surface area contributed by atoms with Crippen molar-refractivity contribution in [2.75, 3.05) is 24.2 Å². The molecule has 1 aliphatic heterocycles. The van der Waals surface area contributed by atoms with E-state index in [4.69, 9.17) is 4.74 Å². The number of hydrogen-bond acceptors (Lipinski definition) is 8. The summed E-state index contributed by atoms with van der Waals surface area (Å²) in [5.41, 5.74) is 0.931. The van der Waals surface area contributed by atoms with Gasteiger partial charge in [0.05, 0.1) is 17.1 Å². The maximum Gasteiger partial charge on any atom is 0.226 e. The van der Waals surface area contributed by atoms with Crippen LogP contribution in [0.15, 0.2) is 38.5 Å². The Morgan fingerprint density at radius 3 is 2.15 bits per heavy atom. The average molecular weight is 431 g/mol. The first-order chi connectivity index (χ1) is 12.5. The highest BCUT2D eigenvalue weighted by Gasteiger charge is 2.34. The van der Waals surface area contributed by atoms with E-state index in [0.29, 0.717) is 18.1 Å². The molecule has 1 saturated heterocycles. The smallest absolute Gasteiger partial charge is 0.226 e. The molecule has 1 aromatic heterocycles. The van der Waals surface area contributed by atoms with Crippen molar-refractivity contribution in [1.82, 2.24) is 4.98 Å². The summed E-state index contributed by atoms with van der Waals surface area (Å²) in [4.78, 5) is 5.98. The highest BCUT2D eigenvalue weighted by Crippen LogP contribution is 2.38. The normalized spacial score (nSPS) is 21.4. The number of anilines is 1. The predicted molar refractivity (Wildman–Crippen MR) is 104 cm³/mol. The summed E-state index contributed by atoms with van der Waals surface area (Å²) in [7, 11) is -7.59. The number of morpholine rings is 1. The summed E-state index contributed by atoms with van der Waals surface area (Å²) in [5, 5.41) is 0.135. The number of sulfone groups is 2. The molecule has 1 fully saturated rings. The van der Waals surface area contributed by atoms with Crippen LogP contribution >= 0.6 is 11.3 Å². The molecule has 0 N–H and O–H groups in total. The largest absolute Gasteiger partial charge is 0.372 e. The number of thiazole rings is 1. The fourth-order valence-corrected chi connectivity index (χ4v) is 6.66. The Labute approximate surface area is 163 Å². The fourth-order valence-electron chi connectivity index (χ4n) is 2.99. The first kappa shape index (κ1) is 20.2. The first-order valence-corrected chi connectivity index (χ1v) is 12.6. The van der Waals surface area contributed by atoms with E-state index in [9.17, 15) is 16.8 Å². The maximum atomic E-state index is 13.2. The second kappa shape index (κ2) is 7.16. The summed E-state index contributed by atoms with van der Waals surface area (Å²) in [5.74, 6) is 0. The van der Waals surface area contributed by atoms with Gasteiger partial charge in [-0.05, 0) is 32.9 Å². The van der Waals surface area contributed by atoms with Crippen molar-refractivity contribution in [2.45, 2.75) is 47.2 Å². The van der Waals surface area contributed by atoms with Crippen molar-refractivity contribution in [3.8, 4) is 0 Å². The predicted octanol–water partition coefficient (Wildman–Crippen LogP) is 2.30. The van der Waals surface area contributed by atoms with Crippen molar-refractivity contribution in [2.24, 2.45) is 0 Å². The van der Waals surface area contributed by atoms with Crippen LogP contribution in [0.2, 0.25) is 0 Å². The van der Waals surface area contributed by atoms with Gasteiger partial charge in [-0.3, -0.25) is 0 Å². The first-order valence-electron chi connectivity index (χ1n) is 8.41. The number of benzene rings is 1. The van der Waals surface area contributed by atoms with Crippen LogP contribution in [0.25, 0.3) is 0 Å². The number of ether oxygens (including phenoxy) is 1. The van der Waals surface area contributed by atoms with Crippen LogP contribution in [0.3, 0.4) is 0 Å². The van der Waals surface area contributed by atoms with Crippen LogP contribution in [0.1, 0.15) is 19.4 Å². The van der Waals surface area contributed by atoms with Crippen LogP contribution in [0.5, 0.6) is 0 Å². The summed E-state index contributed by atoms with van der Waals surface area (Å²) >= 11 is 0.894. The Hall–Kier alpha value is -1.49. The van der Waals surface area contributed by atoms with Gasteiger partial charge in [0.1, 0.15) is 5.00 Å². The Bertz CT molecular complexity index is 1030. The Kier molecular flexibility index (Phi) is 5.37. The molecule has 0 spiro atoms. The van der Waals surface area contributed by atoms with Crippen molar-refractivity contribution in [3.05, 3.63) is 29.8 Å². The van der Waals surface area contributed by atoms with Crippen LogP contribution in [-0.2, 0) is 24.4 Å². The quantitative estimate of drug-likeness (QED) is 0.735. The van der Waals surface area contributed by atoms with Crippen LogP contribution in [-0.4, -0.2) is 53.4 Å². The highest BCUT2D eigenvalue weighted by molar-refractivity contribution is 7.93. The summed E-state index contributed by atoms with van der Waals surface area (Å²) in [6.45, 7) is 6.59. The zero-order valence-electron chi connectivity index (χ0n) is 15.5. The molecule has 0 amide bonds. The molecule has 0 saturated carbocycles. The van der Waals surface area contributed by atoms with Crippen LogP contribution < -0.4 is 4.90 Å². The highest BCUT2D eigenvalue weighted by atomic mass is 32.2. The third-order valence-corrected chi connectivity index (χ3v) is 8.78. The van der Waals surface area contributed by atoms with E-state index in [1.807, 2.05) is 25.7 Å². The molecular formula is C17H22N2O5S3. The number of hydrogen-bond donors (Lipinski definition) is 0. The lowest BCUT2D eigenvalue weighted by molar-refractivity contribution is -0.00517. The van der Waals surface area contributed by atoms with E-state index >= 15 is 0 Å². The van der Waals surface area contributed by atoms with Crippen molar-refractivity contribution >= 4 is 36.0 Å². The van der Waals surface area contributed by atoms with Gasteiger partial charge < -0.3 is 9.64 Å². The van der Waals surface area contributed by atoms with Gasteiger partial charge in [0, 0.05) is 19.3 Å². The Morgan fingerprint density at radius 2 is 1.63 bits per heavy atom. The number of rotatable bonds is 4. The number of aromatic nitrogens is 1. The molecular weight excluding hydrogens is 408 g/mol. The van der Waals surface area contributed by atoms with E-state index < -0.39 is 19.7 Å². The molecule has 2 heterocycles. The Balaban J connectivity index is 2.16. The Morgan fingerprint density at radius 1 is 1.07 bits per heavy atom. The summed E-state index contributed by atoms with van der Waals surface area (Å²) < 4.78 is 56.0. The van der Waals surface area contributed by atoms with E-state index in [1.165, 1.54) is 12.1 Å². The zero-order valence-corrected chi connectivity index (χ0v) is 18.0. The van der Waals surface area contributed by atoms with Crippen molar-refractivity contribution in [1.29, 1.82) is 0 Å². The van der Waals surface area contributed by atoms with Crippen LogP contribution in [0.4, 0.5) is 5.00 Å². The summed E-state index contributed by atoms with van der Waals surface area (Å²) in [6.07, 6.45) is 0.822. The molecule has 1 aliphatic rings. The minimum absolute atomic E-state index is 0.0917. The monoisotopic (exact) mass is 430 g/mol. The van der Waals surface area contributed by atoms with Gasteiger partial charge in [0.2, 0.25) is 24.0 Å². The fraction of sp³-hybridized carbons (Fsp3) is 0.471. The van der Waals surface area contributed by atoms with E-state index in [2.05, 4.69) is 4.98 Å². The topological polar surface area (TPSA) is 93.6 Å². The second-order valence-electron chi connectivity index (χ2n) is 6.84. The minimum atomic E-state index is -3.96. The van der Waals surface area contributed by atoms with Gasteiger partial charge >= 0.3 is 0 Å². The molecule has 0 aliphatic carbocycles. The average Bonchev–Trinajstić information content (AvgIpc) is 3.00. The lowest BCUT2D eigenvalue weighted by Crippen LogP contribution is -2.45. The van der Waals surface area contributed by atoms with Gasteiger partial charge in [-0.1, -0.05) is 29.0 Å². The molecule has 10 heteroatoms. The lowest BCUT2D eigenvalue weighted by Gasteiger charge is -2.36. The van der Waals surface area contributed by atoms with E-state index in [1.54, 1.807) is 12.1 Å². The van der Waals surface area contributed by atoms with E-state index in [-0.39, 0.29) is 26.5 Å². The maximum absolute atomic E-state index is 13.2. The van der Waals surface area contributed by atoms with Gasteiger partial charge in [-0.15, -0.1) is 0 Å². The molecule has 7 nitrogen and oxygen atoms in total. The standard InChI is InChI=1S/C17H22N2O5S3/c1-11-5-7-14(8-6-11)27(22,23)15-16(25-17(18-15)26(4,20)21)19-9-12(2)24-13(3)10-19/h5-8,12-13H,9-10H2,1-4H3/t12-,13-/m1/s1. The van der Waals surface area contributed by atoms with Gasteiger partial charge in [0.25, 0.3) is 0 Å². The molecule has 2 aromatic rings. The molecule has 0 unspecified atom stereocenters. The third-order valence-electron chi connectivity index (χ3n) is 4.17. The molecule has 148 valence electrons. The minimum Gasteiger partial charge on any atom is -0.372 e. The molecule has 27 heavy (non-hydrogen) atoms. The van der Waals surface area contributed by atoms with Gasteiger partial charge in [-0.2, -0.15) is 0 Å². The van der Waals surface area contributed by atoms with Gasteiger partial charge in [-0.25, -0.2) is 21.8 Å². The van der Waals surface area contributed by atoms with Crippen molar-refractivity contribution < 1.29 is 21.6 Å². The summed E-state index contributed by atoms with van der Waals surface area (Å²) in [6, 6.07) is 6.43. The van der Waals surface area contributed by atoms with Gasteiger partial charge in [0.15, 0.2) is 5.03 Å². The molecule has 0 bridgehead atoms. The van der Waals surface area contributed by atoms with Crippen molar-refractivity contribution in [3.63, 3.8) is 0 Å². The molecule has 3 rings (SSSR count). The molecule has 0 radical (unpaired) electrons. The second-order valence-corrected chi connectivity index (χ2v) is 11.9. The SMILES string of the molecule is Cc1ccc(S(=O)(=O)c2nc(S(C)(=O)=O)sc2N2C[C@@H](C)O[C@H](C)C2)cc1. The number of aryl methyl sites for hydroxylation is 1. The zero-order chi connectivity index (χ0) is 20.0.